The van der Waals surface area contributed by atoms with Crippen LogP contribution in [0.25, 0.3) is 0 Å². The molecule has 0 radical (unpaired) electrons. The van der Waals surface area contributed by atoms with Crippen molar-refractivity contribution in [1.82, 2.24) is 0 Å². The first-order chi connectivity index (χ1) is 8.02. The van der Waals surface area contributed by atoms with Gasteiger partial charge in [0.15, 0.2) is 0 Å². The number of hydrogen-bond donors (Lipinski definition) is 1. The lowest BCUT2D eigenvalue weighted by atomic mass is 10.1. The third-order valence-electron chi connectivity index (χ3n) is 2.79. The minimum Gasteiger partial charge on any atom is -0.330 e. The number of nitrogens with two attached hydrogens (primary N) is 1. The Kier molecular flexibility index (Phi) is 4.13. The highest BCUT2D eigenvalue weighted by molar-refractivity contribution is 9.11. The first-order valence-electron chi connectivity index (χ1n) is 5.18. The fourth-order valence-corrected chi connectivity index (χ4v) is 4.04. The van der Waals surface area contributed by atoms with Crippen LogP contribution in [0.5, 0.6) is 0 Å². The molecule has 1 amide bonds. The highest BCUT2D eigenvalue weighted by atomic mass is 79.9. The molecule has 1 unspecified atom stereocenters. The zero-order chi connectivity index (χ0) is 12.6. The molecule has 1 aliphatic heterocycles. The zero-order valence-corrected chi connectivity index (χ0v) is 12.8. The van der Waals surface area contributed by atoms with Crippen LogP contribution in [0.3, 0.4) is 0 Å². The van der Waals surface area contributed by atoms with E-state index in [2.05, 4.69) is 31.9 Å². The van der Waals surface area contributed by atoms with Gasteiger partial charge in [-0.2, -0.15) is 0 Å². The summed E-state index contributed by atoms with van der Waals surface area (Å²) < 4.78 is 1.62. The van der Waals surface area contributed by atoms with Crippen molar-refractivity contribution < 1.29 is 4.79 Å². The molecule has 0 saturated carbocycles. The molecule has 1 aromatic carbocycles. The second kappa shape index (κ2) is 5.26. The van der Waals surface area contributed by atoms with E-state index in [1.54, 1.807) is 17.0 Å². The van der Waals surface area contributed by atoms with Crippen molar-refractivity contribution in [3.05, 3.63) is 26.1 Å². The molecule has 17 heavy (non-hydrogen) atoms. The minimum absolute atomic E-state index is 0.101. The molecule has 2 rings (SSSR count). The monoisotopic (exact) mass is 380 g/mol. The molecule has 1 saturated heterocycles. The maximum absolute atomic E-state index is 11.9. The SMILES string of the molecule is NCC1CC(=O)N(c2c(Br)cc(Cl)cc2Br)C1. The lowest BCUT2D eigenvalue weighted by molar-refractivity contribution is -0.117. The van der Waals surface area contributed by atoms with E-state index in [9.17, 15) is 4.79 Å². The van der Waals surface area contributed by atoms with E-state index in [4.69, 9.17) is 17.3 Å². The van der Waals surface area contributed by atoms with Crippen molar-refractivity contribution in [3.8, 4) is 0 Å². The van der Waals surface area contributed by atoms with Gasteiger partial charge in [0, 0.05) is 26.9 Å². The molecule has 1 atom stereocenters. The maximum Gasteiger partial charge on any atom is 0.227 e. The Morgan fingerprint density at radius 1 is 1.41 bits per heavy atom. The number of nitrogens with zero attached hydrogens (tertiary/aromatic N) is 1. The Labute approximate surface area is 122 Å². The summed E-state index contributed by atoms with van der Waals surface area (Å²) in [7, 11) is 0. The summed E-state index contributed by atoms with van der Waals surface area (Å²) in [6.45, 7) is 1.19. The molecule has 1 aliphatic rings. The van der Waals surface area contributed by atoms with E-state index in [0.717, 1.165) is 14.6 Å². The van der Waals surface area contributed by atoms with Crippen molar-refractivity contribution in [1.29, 1.82) is 0 Å². The normalized spacial score (nSPS) is 20.1. The smallest absolute Gasteiger partial charge is 0.227 e. The molecule has 0 aromatic heterocycles. The Morgan fingerprint density at radius 2 is 2.00 bits per heavy atom. The molecule has 0 bridgehead atoms. The standard InChI is InChI=1S/C11H11Br2ClN2O/c12-8-2-7(14)3-9(13)11(8)16-5-6(4-15)1-10(16)17/h2-3,6H,1,4-5,15H2. The number of carbonyl (C=O) groups excluding carboxylic acids is 1. The van der Waals surface area contributed by atoms with Crippen LogP contribution >= 0.6 is 43.5 Å². The van der Waals surface area contributed by atoms with Crippen molar-refractivity contribution in [2.75, 3.05) is 18.0 Å². The van der Waals surface area contributed by atoms with Gasteiger partial charge in [0.1, 0.15) is 0 Å². The Morgan fingerprint density at radius 3 is 2.47 bits per heavy atom. The maximum atomic E-state index is 11.9. The van der Waals surface area contributed by atoms with Gasteiger partial charge >= 0.3 is 0 Å². The largest absolute Gasteiger partial charge is 0.330 e. The predicted molar refractivity (Wildman–Crippen MR) is 76.4 cm³/mol. The Hall–Kier alpha value is -0.100. The molecule has 6 heteroatoms. The van der Waals surface area contributed by atoms with E-state index >= 15 is 0 Å². The van der Waals surface area contributed by atoms with E-state index in [1.165, 1.54) is 0 Å². The van der Waals surface area contributed by atoms with Gasteiger partial charge < -0.3 is 10.6 Å². The van der Waals surface area contributed by atoms with Gasteiger partial charge in [-0.1, -0.05) is 11.6 Å². The molecular weight excluding hydrogens is 371 g/mol. The van der Waals surface area contributed by atoms with Crippen LogP contribution < -0.4 is 10.6 Å². The van der Waals surface area contributed by atoms with Crippen molar-refractivity contribution in [3.63, 3.8) is 0 Å². The third kappa shape index (κ3) is 2.67. The highest BCUT2D eigenvalue weighted by Crippen LogP contribution is 2.39. The number of rotatable bonds is 2. The lowest BCUT2D eigenvalue weighted by Gasteiger charge is -2.20. The summed E-state index contributed by atoms with van der Waals surface area (Å²) >= 11 is 12.8. The average molecular weight is 382 g/mol. The summed E-state index contributed by atoms with van der Waals surface area (Å²) in [5, 5.41) is 0.620. The zero-order valence-electron chi connectivity index (χ0n) is 8.92. The number of anilines is 1. The molecular formula is C11H11Br2ClN2O. The van der Waals surface area contributed by atoms with E-state index < -0.39 is 0 Å². The topological polar surface area (TPSA) is 46.3 Å². The summed E-state index contributed by atoms with van der Waals surface area (Å²) in [6.07, 6.45) is 0.512. The molecule has 1 aromatic rings. The van der Waals surface area contributed by atoms with Gasteiger partial charge in [0.2, 0.25) is 5.91 Å². The number of amides is 1. The Balaban J connectivity index is 2.38. The van der Waals surface area contributed by atoms with Crippen LogP contribution in [0, 0.1) is 5.92 Å². The average Bonchev–Trinajstić information content (AvgIpc) is 2.59. The first-order valence-corrected chi connectivity index (χ1v) is 7.14. The second-order valence-electron chi connectivity index (χ2n) is 4.03. The summed E-state index contributed by atoms with van der Waals surface area (Å²) in [5.74, 6) is 0.334. The summed E-state index contributed by atoms with van der Waals surface area (Å²) in [4.78, 5) is 13.7. The minimum atomic E-state index is 0.101. The van der Waals surface area contributed by atoms with Crippen LogP contribution in [-0.2, 0) is 4.79 Å². The van der Waals surface area contributed by atoms with Crippen LogP contribution in [0.2, 0.25) is 5.02 Å². The van der Waals surface area contributed by atoms with Crippen LogP contribution in [0.1, 0.15) is 6.42 Å². The molecule has 92 valence electrons. The number of halogens is 3. The van der Waals surface area contributed by atoms with Gasteiger partial charge in [0.05, 0.1) is 5.69 Å². The van der Waals surface area contributed by atoms with Crippen LogP contribution in [-0.4, -0.2) is 19.0 Å². The van der Waals surface area contributed by atoms with Gasteiger partial charge in [-0.15, -0.1) is 0 Å². The van der Waals surface area contributed by atoms with Crippen molar-refractivity contribution in [2.24, 2.45) is 11.7 Å². The van der Waals surface area contributed by atoms with Crippen molar-refractivity contribution >= 4 is 55.1 Å². The molecule has 3 nitrogen and oxygen atoms in total. The number of benzene rings is 1. The van der Waals surface area contributed by atoms with Gasteiger partial charge in [-0.25, -0.2) is 0 Å². The highest BCUT2D eigenvalue weighted by Gasteiger charge is 2.31. The molecule has 0 aliphatic carbocycles. The lowest BCUT2D eigenvalue weighted by Crippen LogP contribution is -2.26. The van der Waals surface area contributed by atoms with Gasteiger partial charge in [-0.3, -0.25) is 4.79 Å². The van der Waals surface area contributed by atoms with Gasteiger partial charge in [0.25, 0.3) is 0 Å². The summed E-state index contributed by atoms with van der Waals surface area (Å²) in [5.41, 5.74) is 6.44. The quantitative estimate of drug-likeness (QED) is 0.854. The molecule has 1 heterocycles. The second-order valence-corrected chi connectivity index (χ2v) is 6.17. The van der Waals surface area contributed by atoms with E-state index in [0.29, 0.717) is 24.5 Å². The number of hydrogen-bond acceptors (Lipinski definition) is 2. The predicted octanol–water partition coefficient (Wildman–Crippen LogP) is 3.18. The fourth-order valence-electron chi connectivity index (χ4n) is 1.95. The molecule has 1 fully saturated rings. The van der Waals surface area contributed by atoms with E-state index in [-0.39, 0.29) is 11.8 Å². The van der Waals surface area contributed by atoms with Gasteiger partial charge in [-0.05, 0) is 56.5 Å². The fraction of sp³-hybridized carbons (Fsp3) is 0.364. The molecule has 0 spiro atoms. The first kappa shape index (κ1) is 13.3. The van der Waals surface area contributed by atoms with Crippen molar-refractivity contribution in [2.45, 2.75) is 6.42 Å². The van der Waals surface area contributed by atoms with Crippen LogP contribution in [0.15, 0.2) is 21.1 Å². The number of carbonyl (C=O) groups is 1. The summed E-state index contributed by atoms with van der Waals surface area (Å²) in [6, 6.07) is 3.56. The van der Waals surface area contributed by atoms with E-state index in [1.807, 2.05) is 0 Å². The third-order valence-corrected chi connectivity index (χ3v) is 4.22. The Bertz CT molecular complexity index is 444. The molecule has 2 N–H and O–H groups in total. The van der Waals surface area contributed by atoms with Crippen LogP contribution in [0.4, 0.5) is 5.69 Å².